The fourth-order valence-electron chi connectivity index (χ4n) is 15.6. The Morgan fingerprint density at radius 2 is 0.571 bits per heavy atom. The minimum Gasteiger partial charge on any atom is -0.196 e. The van der Waals surface area contributed by atoms with Crippen molar-refractivity contribution in [3.8, 4) is 66.0 Å². The van der Waals surface area contributed by atoms with Gasteiger partial charge in [-0.25, -0.2) is 0 Å². The molecule has 9 rings (SSSR count). The molecular formula is C90H116N4S4. The lowest BCUT2D eigenvalue weighted by Gasteiger charge is -2.10. The van der Waals surface area contributed by atoms with E-state index in [0.717, 1.165) is 90.4 Å². The average Bonchev–Trinajstić information content (AvgIpc) is 1.55. The van der Waals surface area contributed by atoms with E-state index >= 15 is 0 Å². The maximum absolute atomic E-state index is 10.9. The van der Waals surface area contributed by atoms with Gasteiger partial charge in [-0.05, 0) is 196 Å². The van der Waals surface area contributed by atoms with E-state index in [9.17, 15) is 21.0 Å². The van der Waals surface area contributed by atoms with Crippen LogP contribution in [0, 0.1) is 78.0 Å². The Bertz CT molecular complexity index is 3830. The van der Waals surface area contributed by atoms with E-state index < -0.39 is 11.8 Å². The van der Waals surface area contributed by atoms with E-state index in [1.165, 1.54) is 310 Å². The van der Waals surface area contributed by atoms with Gasteiger partial charge in [0.05, 0.1) is 24.3 Å². The summed E-state index contributed by atoms with van der Waals surface area (Å²) in [6.07, 6.45) is 57.4. The maximum Gasteiger partial charge on any atom is 0.159 e. The molecule has 4 aromatic heterocycles. The predicted octanol–water partition coefficient (Wildman–Crippen LogP) is 27.4. The normalized spacial score (nSPS) is 12.1. The molecule has 0 N–H and O–H groups in total. The summed E-state index contributed by atoms with van der Waals surface area (Å²) in [7, 11) is 0. The molecule has 0 bridgehead atoms. The van der Waals surface area contributed by atoms with Crippen LogP contribution < -0.4 is 10.4 Å². The van der Waals surface area contributed by atoms with E-state index in [1.807, 2.05) is 45.3 Å². The first-order chi connectivity index (χ1) is 48.4. The van der Waals surface area contributed by atoms with Crippen LogP contribution in [0.15, 0.2) is 82.2 Å². The van der Waals surface area contributed by atoms with E-state index in [0.29, 0.717) is 0 Å². The van der Waals surface area contributed by atoms with Crippen LogP contribution in [0.25, 0.3) is 52.9 Å². The molecule has 4 nitrogen and oxygen atoms in total. The number of nitriles is 4. The molecule has 0 saturated carbocycles. The lowest BCUT2D eigenvalue weighted by atomic mass is 9.90. The molecule has 2 aliphatic rings. The van der Waals surface area contributed by atoms with E-state index in [-0.39, 0.29) is 0 Å². The van der Waals surface area contributed by atoms with E-state index in [4.69, 9.17) is 0 Å². The molecule has 0 radical (unpaired) electrons. The van der Waals surface area contributed by atoms with Crippen LogP contribution in [0.1, 0.15) is 318 Å². The quantitative estimate of drug-likeness (QED) is 0.0355. The van der Waals surface area contributed by atoms with Gasteiger partial charge in [0.2, 0.25) is 0 Å². The Hall–Kier alpha value is -5.84. The van der Waals surface area contributed by atoms with Gasteiger partial charge < -0.3 is 0 Å². The molecular weight excluding hydrogens is 1270 g/mol. The van der Waals surface area contributed by atoms with E-state index in [2.05, 4.69) is 134 Å². The lowest BCUT2D eigenvalue weighted by Crippen LogP contribution is -2.11. The molecule has 98 heavy (non-hydrogen) atoms. The molecule has 0 atom stereocenters. The minimum absolute atomic E-state index is 0.744. The molecule has 0 aliphatic heterocycles. The minimum atomic E-state index is -0.999. The van der Waals surface area contributed by atoms with Crippen LogP contribution >= 0.6 is 45.3 Å². The number of thiophene rings is 4. The molecule has 0 unspecified atom stereocenters. The summed E-state index contributed by atoms with van der Waals surface area (Å²) in [4.78, 5) is 5.18. The average molecular weight is 1380 g/mol. The summed E-state index contributed by atoms with van der Waals surface area (Å²) in [5.41, 5.74) is 13.9. The third kappa shape index (κ3) is 21.1. The second kappa shape index (κ2) is 42.4. The van der Waals surface area contributed by atoms with Crippen molar-refractivity contribution in [2.75, 3.05) is 0 Å². The molecule has 2 aliphatic carbocycles. The zero-order valence-corrected chi connectivity index (χ0v) is 64.0. The fourth-order valence-corrected chi connectivity index (χ4v) is 20.1. The number of unbranched alkanes of at least 4 members (excludes halogenated alkanes) is 36. The first-order valence-electron chi connectivity index (χ1n) is 39.6. The maximum atomic E-state index is 10.9. The highest BCUT2D eigenvalue weighted by molar-refractivity contribution is 7.17. The summed E-state index contributed by atoms with van der Waals surface area (Å²) in [5, 5.41) is 59.0. The molecule has 3 aromatic carbocycles. The molecule has 0 amide bonds. The topological polar surface area (TPSA) is 95.2 Å². The second-order valence-electron chi connectivity index (χ2n) is 29.0. The van der Waals surface area contributed by atoms with Crippen LogP contribution in [-0.4, -0.2) is 0 Å². The van der Waals surface area contributed by atoms with Crippen LogP contribution in [0.4, 0.5) is 0 Å². The monoisotopic (exact) mass is 1380 g/mol. The Kier molecular flexibility index (Phi) is 33.0. The highest BCUT2D eigenvalue weighted by atomic mass is 32.1. The van der Waals surface area contributed by atoms with Gasteiger partial charge >= 0.3 is 0 Å². The van der Waals surface area contributed by atoms with Crippen molar-refractivity contribution < 1.29 is 0 Å². The first-order valence-corrected chi connectivity index (χ1v) is 43.1. The smallest absolute Gasteiger partial charge is 0.159 e. The highest BCUT2D eigenvalue weighted by Gasteiger charge is 2.29. The number of nitrogens with zero attached hydrogens (tertiary/aromatic N) is 4. The Balaban J connectivity index is 1.03. The molecule has 8 heteroatoms. The van der Waals surface area contributed by atoms with Gasteiger partial charge in [0.1, 0.15) is 0 Å². The third-order valence-corrected chi connectivity index (χ3v) is 25.5. The number of benzene rings is 3. The van der Waals surface area contributed by atoms with E-state index in [1.54, 1.807) is 0 Å². The predicted molar refractivity (Wildman–Crippen MR) is 424 cm³/mol. The molecule has 4 heterocycles. The van der Waals surface area contributed by atoms with Gasteiger partial charge in [0.25, 0.3) is 0 Å². The molecule has 520 valence electrons. The Morgan fingerprint density at radius 3 is 0.867 bits per heavy atom. The Labute approximate surface area is 608 Å². The van der Waals surface area contributed by atoms with Crippen molar-refractivity contribution in [2.24, 2.45) is 11.8 Å². The summed E-state index contributed by atoms with van der Waals surface area (Å²) in [5.74, 6) is -2.00. The third-order valence-electron chi connectivity index (χ3n) is 21.3. The fraction of sp³-hybridized carbons (Fsp3) is 0.556. The standard InChI is InChI=1S/C90H116N4S4/c1-5-9-13-17-21-25-29-33-37-41-45-67-53-83(95-63-67)87-71(47-43-39-35-31-27-23-19-15-11-7-3)65-97-89(87)69-49-51-75-77-57-82-78(58-81(77)85(79(75)55-69)73(59-91)60-92)76-52-50-70(56-80(76)86(82)74(61-93)62-94)90-88(72(66-98-90)48-44-40-36-32-28-24-20-16-12-8-4)84-54-68(64-96-84)46-42-38-34-30-26-22-18-14-10-6-2/h49-58,63-66,73-74H,5-48H2,1-4H3. The van der Waals surface area contributed by atoms with Crippen molar-refractivity contribution >= 4 is 56.5 Å². The number of hydrogen-bond donors (Lipinski definition) is 0. The van der Waals surface area contributed by atoms with Gasteiger partial charge in [-0.2, -0.15) is 21.0 Å². The van der Waals surface area contributed by atoms with Gasteiger partial charge in [0.15, 0.2) is 11.8 Å². The molecule has 0 fully saturated rings. The highest BCUT2D eigenvalue weighted by Crippen LogP contribution is 2.46. The Morgan fingerprint density at radius 1 is 0.286 bits per heavy atom. The van der Waals surface area contributed by atoms with Gasteiger partial charge in [0, 0.05) is 30.6 Å². The molecule has 0 saturated heterocycles. The van der Waals surface area contributed by atoms with Crippen LogP contribution in [0.5, 0.6) is 0 Å². The summed E-state index contributed by atoms with van der Waals surface area (Å²) in [6, 6.07) is 32.5. The van der Waals surface area contributed by atoms with Crippen molar-refractivity contribution in [3.63, 3.8) is 0 Å². The first kappa shape index (κ1) is 76.3. The summed E-state index contributed by atoms with van der Waals surface area (Å²) >= 11 is 7.46. The van der Waals surface area contributed by atoms with Gasteiger partial charge in [-0.1, -0.05) is 283 Å². The molecule has 7 aromatic rings. The van der Waals surface area contributed by atoms with Crippen molar-refractivity contribution in [1.82, 2.24) is 0 Å². The largest absolute Gasteiger partial charge is 0.196 e. The van der Waals surface area contributed by atoms with Gasteiger partial charge in [-0.15, -0.1) is 45.3 Å². The van der Waals surface area contributed by atoms with Crippen LogP contribution in [0.3, 0.4) is 0 Å². The second-order valence-corrected chi connectivity index (χ2v) is 32.6. The van der Waals surface area contributed by atoms with Crippen molar-refractivity contribution in [1.29, 1.82) is 21.0 Å². The van der Waals surface area contributed by atoms with Crippen molar-refractivity contribution in [3.05, 3.63) is 147 Å². The van der Waals surface area contributed by atoms with Crippen LogP contribution in [0.2, 0.25) is 0 Å². The number of aryl methyl sites for hydroxylation is 4. The zero-order valence-electron chi connectivity index (χ0n) is 60.8. The number of rotatable bonds is 50. The number of fused-ring (bicyclic) bond motifs is 4. The lowest BCUT2D eigenvalue weighted by molar-refractivity contribution is 0.556. The summed E-state index contributed by atoms with van der Waals surface area (Å²) < 4.78 is 0. The van der Waals surface area contributed by atoms with Crippen molar-refractivity contribution in [2.45, 2.75) is 310 Å². The molecule has 0 spiro atoms. The summed E-state index contributed by atoms with van der Waals surface area (Å²) in [6.45, 7) is 9.18. The zero-order chi connectivity index (χ0) is 68.5. The SMILES string of the molecule is CCCCCCCCCCCCc1csc(-c2c(CCCCCCCCCCCC)csc2-c2ccc3c(c2)=C(C(C#N)C#N)c2cc4c(cc2=3)C(C(C#N)C#N)=c2cc(-c3scc(CCCCCCCCCCCC)c3-c3cc(CCCCCCCCCCCC)cs3)ccc2=4)c1. The number of hydrogen-bond acceptors (Lipinski definition) is 8. The van der Waals surface area contributed by atoms with Crippen LogP contribution in [-0.2, 0) is 25.7 Å². The van der Waals surface area contributed by atoms with Gasteiger partial charge in [-0.3, -0.25) is 0 Å².